The molecule has 0 bridgehead atoms. The molecule has 3 aromatic heterocycles. The van der Waals surface area contributed by atoms with E-state index in [0.717, 1.165) is 42.5 Å². The lowest BCUT2D eigenvalue weighted by Crippen LogP contribution is -1.95. The number of thiophene rings is 1. The van der Waals surface area contributed by atoms with Gasteiger partial charge in [-0.25, -0.2) is 15.0 Å². The van der Waals surface area contributed by atoms with Gasteiger partial charge in [-0.3, -0.25) is 0 Å². The fourth-order valence-electron chi connectivity index (χ4n) is 3.42. The Hall–Kier alpha value is -2.61. The molecular weight excluding hydrogens is 488 g/mol. The Bertz CT molecular complexity index is 1340. The van der Waals surface area contributed by atoms with Crippen LogP contribution in [0.15, 0.2) is 70.1 Å². The standard InChI is InChI=1S/C24H19BrN4S2/c1-14(2)15-3-5-16(6-4-15)19-11-30-23-21(19)22(26-13-27-23)29-24-28-20(12-31-24)17-7-9-18(25)10-8-17/h3-14H,1-2H3,(H,26,27,28,29). The first kappa shape index (κ1) is 20.3. The molecule has 7 heteroatoms. The van der Waals surface area contributed by atoms with Gasteiger partial charge in [-0.05, 0) is 29.2 Å². The molecule has 5 rings (SSSR count). The molecule has 0 aliphatic carbocycles. The minimum atomic E-state index is 0.513. The van der Waals surface area contributed by atoms with Gasteiger partial charge in [-0.1, -0.05) is 66.2 Å². The van der Waals surface area contributed by atoms with Gasteiger partial charge >= 0.3 is 0 Å². The van der Waals surface area contributed by atoms with E-state index >= 15 is 0 Å². The molecule has 0 aliphatic heterocycles. The van der Waals surface area contributed by atoms with Crippen LogP contribution < -0.4 is 5.32 Å². The predicted octanol–water partition coefficient (Wildman–Crippen LogP) is 8.11. The lowest BCUT2D eigenvalue weighted by Gasteiger charge is -2.08. The van der Waals surface area contributed by atoms with Gasteiger partial charge in [0.1, 0.15) is 17.0 Å². The van der Waals surface area contributed by atoms with Crippen LogP contribution in [0.5, 0.6) is 0 Å². The van der Waals surface area contributed by atoms with Crippen LogP contribution in [0, 0.1) is 0 Å². The van der Waals surface area contributed by atoms with Gasteiger partial charge in [0.2, 0.25) is 0 Å². The average molecular weight is 507 g/mol. The number of fused-ring (bicyclic) bond motifs is 1. The minimum absolute atomic E-state index is 0.513. The summed E-state index contributed by atoms with van der Waals surface area (Å²) < 4.78 is 1.06. The van der Waals surface area contributed by atoms with E-state index in [4.69, 9.17) is 4.98 Å². The first-order chi connectivity index (χ1) is 15.1. The molecule has 0 unspecified atom stereocenters. The van der Waals surface area contributed by atoms with Crippen LogP contribution in [0.1, 0.15) is 25.3 Å². The number of rotatable bonds is 5. The molecule has 0 saturated heterocycles. The molecule has 0 atom stereocenters. The number of thiazole rings is 1. The van der Waals surface area contributed by atoms with Crippen LogP contribution >= 0.6 is 38.6 Å². The van der Waals surface area contributed by atoms with Gasteiger partial charge < -0.3 is 5.32 Å². The zero-order valence-electron chi connectivity index (χ0n) is 17.0. The third-order valence-electron chi connectivity index (χ3n) is 5.13. The van der Waals surface area contributed by atoms with E-state index in [1.54, 1.807) is 29.0 Å². The molecule has 0 radical (unpaired) electrons. The second kappa shape index (κ2) is 8.49. The van der Waals surface area contributed by atoms with Crippen molar-refractivity contribution in [3.8, 4) is 22.4 Å². The first-order valence-corrected chi connectivity index (χ1v) is 12.4. The van der Waals surface area contributed by atoms with Crippen molar-refractivity contribution in [1.29, 1.82) is 0 Å². The van der Waals surface area contributed by atoms with Crippen molar-refractivity contribution in [3.05, 3.63) is 75.7 Å². The number of nitrogens with one attached hydrogen (secondary N) is 1. The molecule has 1 N–H and O–H groups in total. The van der Waals surface area contributed by atoms with Gasteiger partial charge in [-0.2, -0.15) is 0 Å². The highest BCUT2D eigenvalue weighted by Crippen LogP contribution is 2.38. The monoisotopic (exact) mass is 506 g/mol. The fraction of sp³-hybridized carbons (Fsp3) is 0.125. The maximum Gasteiger partial charge on any atom is 0.188 e. The first-order valence-electron chi connectivity index (χ1n) is 9.89. The van der Waals surface area contributed by atoms with Crippen molar-refractivity contribution in [2.45, 2.75) is 19.8 Å². The smallest absolute Gasteiger partial charge is 0.188 e. The van der Waals surface area contributed by atoms with Crippen LogP contribution in [-0.4, -0.2) is 15.0 Å². The van der Waals surface area contributed by atoms with Crippen LogP contribution in [0.3, 0.4) is 0 Å². The molecule has 0 amide bonds. The number of aromatic nitrogens is 3. The van der Waals surface area contributed by atoms with Crippen molar-refractivity contribution >= 4 is 59.8 Å². The molecule has 4 nitrogen and oxygen atoms in total. The Kier molecular flexibility index (Phi) is 5.56. The summed E-state index contributed by atoms with van der Waals surface area (Å²) in [4.78, 5) is 14.8. The predicted molar refractivity (Wildman–Crippen MR) is 135 cm³/mol. The quantitative estimate of drug-likeness (QED) is 0.261. The molecule has 2 aromatic carbocycles. The summed E-state index contributed by atoms with van der Waals surface area (Å²) in [7, 11) is 0. The number of anilines is 2. The van der Waals surface area contributed by atoms with Crippen molar-refractivity contribution in [1.82, 2.24) is 15.0 Å². The molecule has 154 valence electrons. The van der Waals surface area contributed by atoms with Crippen molar-refractivity contribution in [3.63, 3.8) is 0 Å². The molecule has 0 saturated carbocycles. The number of halogens is 1. The summed E-state index contributed by atoms with van der Waals surface area (Å²) in [6.07, 6.45) is 1.61. The van der Waals surface area contributed by atoms with Crippen molar-refractivity contribution < 1.29 is 0 Å². The highest BCUT2D eigenvalue weighted by molar-refractivity contribution is 9.10. The van der Waals surface area contributed by atoms with E-state index in [0.29, 0.717) is 5.92 Å². The maximum absolute atomic E-state index is 4.77. The Morgan fingerprint density at radius 2 is 1.61 bits per heavy atom. The molecular formula is C24H19BrN4S2. The van der Waals surface area contributed by atoms with Gasteiger partial charge in [0.25, 0.3) is 0 Å². The van der Waals surface area contributed by atoms with Crippen LogP contribution in [0.4, 0.5) is 10.9 Å². The zero-order chi connectivity index (χ0) is 21.4. The van der Waals surface area contributed by atoms with Gasteiger partial charge in [0.05, 0.1) is 11.1 Å². The zero-order valence-corrected chi connectivity index (χ0v) is 20.2. The molecule has 31 heavy (non-hydrogen) atoms. The fourth-order valence-corrected chi connectivity index (χ4v) is 5.31. The third-order valence-corrected chi connectivity index (χ3v) is 7.30. The van der Waals surface area contributed by atoms with E-state index in [1.165, 1.54) is 11.1 Å². The molecule has 0 fully saturated rings. The normalized spacial score (nSPS) is 11.4. The van der Waals surface area contributed by atoms with Crippen LogP contribution in [-0.2, 0) is 0 Å². The average Bonchev–Trinajstić information content (AvgIpc) is 3.42. The number of hydrogen-bond donors (Lipinski definition) is 1. The largest absolute Gasteiger partial charge is 0.316 e. The van der Waals surface area contributed by atoms with Crippen LogP contribution in [0.25, 0.3) is 32.6 Å². The van der Waals surface area contributed by atoms with Crippen molar-refractivity contribution in [2.24, 2.45) is 0 Å². The van der Waals surface area contributed by atoms with Crippen LogP contribution in [0.2, 0.25) is 0 Å². The molecule has 3 heterocycles. The maximum atomic E-state index is 4.77. The van der Waals surface area contributed by atoms with E-state index < -0.39 is 0 Å². The minimum Gasteiger partial charge on any atom is -0.316 e. The van der Waals surface area contributed by atoms with Crippen molar-refractivity contribution in [2.75, 3.05) is 5.32 Å². The van der Waals surface area contributed by atoms with Gasteiger partial charge in [0.15, 0.2) is 5.13 Å². The lowest BCUT2D eigenvalue weighted by atomic mass is 9.99. The lowest BCUT2D eigenvalue weighted by molar-refractivity contribution is 0.867. The highest BCUT2D eigenvalue weighted by atomic mass is 79.9. The number of hydrogen-bond acceptors (Lipinski definition) is 6. The second-order valence-electron chi connectivity index (χ2n) is 7.50. The van der Waals surface area contributed by atoms with E-state index in [1.807, 2.05) is 12.1 Å². The van der Waals surface area contributed by atoms with E-state index in [9.17, 15) is 0 Å². The topological polar surface area (TPSA) is 50.7 Å². The molecule has 0 aliphatic rings. The number of benzene rings is 2. The Balaban J connectivity index is 1.50. The van der Waals surface area contributed by atoms with Gasteiger partial charge in [-0.15, -0.1) is 22.7 Å². The van der Waals surface area contributed by atoms with Gasteiger partial charge in [0, 0.05) is 26.4 Å². The third kappa shape index (κ3) is 4.13. The summed E-state index contributed by atoms with van der Waals surface area (Å²) >= 11 is 6.69. The van der Waals surface area contributed by atoms with E-state index in [-0.39, 0.29) is 0 Å². The molecule has 5 aromatic rings. The summed E-state index contributed by atoms with van der Waals surface area (Å²) in [6, 6.07) is 16.9. The van der Waals surface area contributed by atoms with E-state index in [2.05, 4.69) is 92.2 Å². The second-order valence-corrected chi connectivity index (χ2v) is 10.1. The summed E-state index contributed by atoms with van der Waals surface area (Å²) in [5.74, 6) is 1.30. The SMILES string of the molecule is CC(C)c1ccc(-c2csc3ncnc(Nc4nc(-c5ccc(Br)cc5)cs4)c23)cc1. The molecule has 0 spiro atoms. The highest BCUT2D eigenvalue weighted by Gasteiger charge is 2.15. The Labute approximate surface area is 197 Å². The summed E-state index contributed by atoms with van der Waals surface area (Å²) in [5.41, 5.74) is 5.68. The Morgan fingerprint density at radius 1 is 0.871 bits per heavy atom. The number of nitrogens with zero attached hydrogens (tertiary/aromatic N) is 3. The summed E-state index contributed by atoms with van der Waals surface area (Å²) in [6.45, 7) is 4.42. The Morgan fingerprint density at radius 3 is 2.35 bits per heavy atom. The summed E-state index contributed by atoms with van der Waals surface area (Å²) in [5, 5.41) is 9.49.